The first-order valence-corrected chi connectivity index (χ1v) is 7.41. The standard InChI is InChI=1S/C14H19BrN4O/c1-9(2)16-8-13-18-19-14(20-13)17-10(3)11-4-6-12(15)7-5-11/h4-7,9-10,16H,8H2,1-3H3,(H,17,19). The summed E-state index contributed by atoms with van der Waals surface area (Å²) in [5.74, 6) is 0.587. The maximum Gasteiger partial charge on any atom is 0.315 e. The zero-order valence-electron chi connectivity index (χ0n) is 11.9. The third-order valence-corrected chi connectivity index (χ3v) is 3.37. The Morgan fingerprint density at radius 1 is 1.15 bits per heavy atom. The van der Waals surface area contributed by atoms with Gasteiger partial charge in [0.1, 0.15) is 0 Å². The topological polar surface area (TPSA) is 63.0 Å². The first-order valence-electron chi connectivity index (χ1n) is 6.62. The van der Waals surface area contributed by atoms with Crippen LogP contribution in [0.3, 0.4) is 0 Å². The summed E-state index contributed by atoms with van der Waals surface area (Å²) in [4.78, 5) is 0. The maximum atomic E-state index is 5.54. The minimum atomic E-state index is 0.106. The van der Waals surface area contributed by atoms with Gasteiger partial charge < -0.3 is 15.1 Å². The highest BCUT2D eigenvalue weighted by Crippen LogP contribution is 2.20. The highest BCUT2D eigenvalue weighted by Gasteiger charge is 2.10. The molecule has 0 aliphatic rings. The van der Waals surface area contributed by atoms with E-state index in [9.17, 15) is 0 Å². The van der Waals surface area contributed by atoms with Crippen molar-refractivity contribution in [2.45, 2.75) is 39.4 Å². The zero-order valence-corrected chi connectivity index (χ0v) is 13.4. The number of hydrogen-bond donors (Lipinski definition) is 2. The van der Waals surface area contributed by atoms with Crippen molar-refractivity contribution in [2.24, 2.45) is 0 Å². The fraction of sp³-hybridized carbons (Fsp3) is 0.429. The third kappa shape index (κ3) is 4.31. The van der Waals surface area contributed by atoms with Crippen LogP contribution in [-0.4, -0.2) is 16.2 Å². The molecular formula is C14H19BrN4O. The Bertz CT molecular complexity index is 538. The number of benzene rings is 1. The van der Waals surface area contributed by atoms with E-state index in [0.29, 0.717) is 24.5 Å². The molecule has 1 aromatic carbocycles. The number of nitrogens with zero attached hydrogens (tertiary/aromatic N) is 2. The van der Waals surface area contributed by atoms with Gasteiger partial charge in [-0.25, -0.2) is 0 Å². The van der Waals surface area contributed by atoms with Crippen LogP contribution in [0.2, 0.25) is 0 Å². The number of halogens is 1. The lowest BCUT2D eigenvalue weighted by atomic mass is 10.1. The summed E-state index contributed by atoms with van der Waals surface area (Å²) >= 11 is 3.43. The molecule has 1 atom stereocenters. The van der Waals surface area contributed by atoms with Gasteiger partial charge in [0.05, 0.1) is 12.6 Å². The van der Waals surface area contributed by atoms with Crippen molar-refractivity contribution >= 4 is 21.9 Å². The van der Waals surface area contributed by atoms with Gasteiger partial charge in [0.15, 0.2) is 0 Å². The number of rotatable bonds is 6. The van der Waals surface area contributed by atoms with Crippen molar-refractivity contribution in [3.8, 4) is 0 Å². The highest BCUT2D eigenvalue weighted by atomic mass is 79.9. The van der Waals surface area contributed by atoms with E-state index >= 15 is 0 Å². The Morgan fingerprint density at radius 3 is 2.50 bits per heavy atom. The average Bonchev–Trinajstić information content (AvgIpc) is 2.84. The van der Waals surface area contributed by atoms with Gasteiger partial charge in [-0.15, -0.1) is 5.10 Å². The molecule has 2 N–H and O–H groups in total. The largest absolute Gasteiger partial charge is 0.407 e. The van der Waals surface area contributed by atoms with Gasteiger partial charge in [-0.3, -0.25) is 0 Å². The summed E-state index contributed by atoms with van der Waals surface area (Å²) in [5, 5.41) is 14.4. The van der Waals surface area contributed by atoms with Crippen LogP contribution in [-0.2, 0) is 6.54 Å². The molecule has 2 aromatic rings. The third-order valence-electron chi connectivity index (χ3n) is 2.84. The lowest BCUT2D eigenvalue weighted by Gasteiger charge is -2.12. The molecule has 0 saturated heterocycles. The minimum Gasteiger partial charge on any atom is -0.407 e. The Kier molecular flexibility index (Phi) is 5.14. The van der Waals surface area contributed by atoms with Crippen molar-refractivity contribution in [1.29, 1.82) is 0 Å². The van der Waals surface area contributed by atoms with Crippen LogP contribution in [0.4, 0.5) is 6.01 Å². The molecular weight excluding hydrogens is 320 g/mol. The van der Waals surface area contributed by atoms with Crippen LogP contribution in [0.5, 0.6) is 0 Å². The normalized spacial score (nSPS) is 12.7. The SMILES string of the molecule is CC(C)NCc1nnc(NC(C)c2ccc(Br)cc2)o1. The van der Waals surface area contributed by atoms with E-state index < -0.39 is 0 Å². The van der Waals surface area contributed by atoms with E-state index in [2.05, 4.69) is 69.7 Å². The van der Waals surface area contributed by atoms with Crippen molar-refractivity contribution in [2.75, 3.05) is 5.32 Å². The van der Waals surface area contributed by atoms with E-state index in [1.54, 1.807) is 0 Å². The van der Waals surface area contributed by atoms with Crippen LogP contribution >= 0.6 is 15.9 Å². The second-order valence-corrected chi connectivity index (χ2v) is 5.87. The molecule has 108 valence electrons. The zero-order chi connectivity index (χ0) is 14.5. The van der Waals surface area contributed by atoms with Gasteiger partial charge in [0, 0.05) is 10.5 Å². The van der Waals surface area contributed by atoms with Crippen molar-refractivity contribution in [3.63, 3.8) is 0 Å². The number of aromatic nitrogens is 2. The van der Waals surface area contributed by atoms with E-state index in [4.69, 9.17) is 4.42 Å². The molecule has 1 unspecified atom stereocenters. The molecule has 5 nitrogen and oxygen atoms in total. The van der Waals surface area contributed by atoms with Crippen LogP contribution in [0.25, 0.3) is 0 Å². The number of hydrogen-bond acceptors (Lipinski definition) is 5. The predicted octanol–water partition coefficient (Wildman–Crippen LogP) is 3.50. The molecule has 0 saturated carbocycles. The molecule has 0 spiro atoms. The second kappa shape index (κ2) is 6.85. The summed E-state index contributed by atoms with van der Waals surface area (Å²) in [7, 11) is 0. The van der Waals surface area contributed by atoms with Gasteiger partial charge in [-0.05, 0) is 24.6 Å². The molecule has 0 aliphatic carbocycles. The van der Waals surface area contributed by atoms with Crippen LogP contribution in [0, 0.1) is 0 Å². The summed E-state index contributed by atoms with van der Waals surface area (Å²) < 4.78 is 6.61. The van der Waals surface area contributed by atoms with Crippen LogP contribution in [0.1, 0.15) is 38.3 Å². The summed E-state index contributed by atoms with van der Waals surface area (Å²) in [6, 6.07) is 9.08. The summed E-state index contributed by atoms with van der Waals surface area (Å²) in [6.07, 6.45) is 0. The minimum absolute atomic E-state index is 0.106. The lowest BCUT2D eigenvalue weighted by Crippen LogP contribution is -2.21. The van der Waals surface area contributed by atoms with E-state index in [1.165, 1.54) is 0 Å². The van der Waals surface area contributed by atoms with Gasteiger partial charge in [0.2, 0.25) is 5.89 Å². The summed E-state index contributed by atoms with van der Waals surface area (Å²) in [5.41, 5.74) is 1.16. The van der Waals surface area contributed by atoms with Crippen molar-refractivity contribution in [1.82, 2.24) is 15.5 Å². The molecule has 1 aromatic heterocycles. The Hall–Kier alpha value is -1.40. The molecule has 20 heavy (non-hydrogen) atoms. The van der Waals surface area contributed by atoms with Gasteiger partial charge >= 0.3 is 6.01 Å². The van der Waals surface area contributed by atoms with E-state index in [0.717, 1.165) is 10.0 Å². The van der Waals surface area contributed by atoms with Crippen LogP contribution < -0.4 is 10.6 Å². The molecule has 1 heterocycles. The van der Waals surface area contributed by atoms with Gasteiger partial charge in [-0.2, -0.15) is 0 Å². The lowest BCUT2D eigenvalue weighted by molar-refractivity contribution is 0.456. The Balaban J connectivity index is 1.94. The van der Waals surface area contributed by atoms with Crippen molar-refractivity contribution < 1.29 is 4.42 Å². The highest BCUT2D eigenvalue weighted by molar-refractivity contribution is 9.10. The van der Waals surface area contributed by atoms with Crippen LogP contribution in [0.15, 0.2) is 33.2 Å². The van der Waals surface area contributed by atoms with E-state index in [-0.39, 0.29) is 6.04 Å². The molecule has 6 heteroatoms. The Labute approximate surface area is 127 Å². The average molecular weight is 339 g/mol. The number of anilines is 1. The van der Waals surface area contributed by atoms with Crippen molar-refractivity contribution in [3.05, 3.63) is 40.2 Å². The molecule has 0 bridgehead atoms. The fourth-order valence-corrected chi connectivity index (χ4v) is 1.96. The molecule has 0 amide bonds. The van der Waals surface area contributed by atoms with E-state index in [1.807, 2.05) is 12.1 Å². The predicted molar refractivity (Wildman–Crippen MR) is 82.5 cm³/mol. The first kappa shape index (κ1) is 15.0. The molecule has 0 radical (unpaired) electrons. The molecule has 2 rings (SSSR count). The number of nitrogens with one attached hydrogen (secondary N) is 2. The monoisotopic (exact) mass is 338 g/mol. The second-order valence-electron chi connectivity index (χ2n) is 4.95. The quantitative estimate of drug-likeness (QED) is 0.843. The Morgan fingerprint density at radius 2 is 1.85 bits per heavy atom. The molecule has 0 fully saturated rings. The maximum absolute atomic E-state index is 5.54. The van der Waals surface area contributed by atoms with Gasteiger partial charge in [0.25, 0.3) is 0 Å². The first-order chi connectivity index (χ1) is 9.54. The fourth-order valence-electron chi connectivity index (χ4n) is 1.69. The smallest absolute Gasteiger partial charge is 0.315 e. The van der Waals surface area contributed by atoms with Gasteiger partial charge in [-0.1, -0.05) is 47.0 Å². The summed E-state index contributed by atoms with van der Waals surface area (Å²) in [6.45, 7) is 6.79. The molecule has 0 aliphatic heterocycles.